The molecule has 3 heteroatoms. The molecule has 0 saturated heterocycles. The van der Waals surface area contributed by atoms with E-state index in [0.29, 0.717) is 6.04 Å². The van der Waals surface area contributed by atoms with E-state index in [-0.39, 0.29) is 0 Å². The molecule has 0 bridgehead atoms. The van der Waals surface area contributed by atoms with Gasteiger partial charge < -0.3 is 10.2 Å². The Balaban J connectivity index is 2.12. The quantitative estimate of drug-likeness (QED) is 0.818. The standard InChI is InChI=1S/C14H23N3/c1-11(2)17(10-12-7-8-12)14-6-4-5-13(16-14)9-15-3/h4-6,11-12,15H,7-10H2,1-3H3. The van der Waals surface area contributed by atoms with Crippen LogP contribution >= 0.6 is 0 Å². The Bertz CT molecular complexity index is 358. The highest BCUT2D eigenvalue weighted by Gasteiger charge is 2.26. The molecular weight excluding hydrogens is 210 g/mol. The van der Waals surface area contributed by atoms with Crippen LogP contribution in [0, 0.1) is 5.92 Å². The number of pyridine rings is 1. The van der Waals surface area contributed by atoms with Crippen LogP contribution < -0.4 is 10.2 Å². The fourth-order valence-electron chi connectivity index (χ4n) is 2.05. The lowest BCUT2D eigenvalue weighted by atomic mass is 10.2. The molecule has 1 fully saturated rings. The smallest absolute Gasteiger partial charge is 0.129 e. The fraction of sp³-hybridized carbons (Fsp3) is 0.643. The monoisotopic (exact) mass is 233 g/mol. The summed E-state index contributed by atoms with van der Waals surface area (Å²) < 4.78 is 0. The first-order chi connectivity index (χ1) is 8.20. The van der Waals surface area contributed by atoms with E-state index in [1.54, 1.807) is 0 Å². The SMILES string of the molecule is CNCc1cccc(N(CC2CC2)C(C)C)n1. The molecule has 3 nitrogen and oxygen atoms in total. The van der Waals surface area contributed by atoms with Crippen molar-refractivity contribution < 1.29 is 0 Å². The summed E-state index contributed by atoms with van der Waals surface area (Å²) in [5.74, 6) is 2.02. The van der Waals surface area contributed by atoms with Gasteiger partial charge >= 0.3 is 0 Å². The summed E-state index contributed by atoms with van der Waals surface area (Å²) in [6, 6.07) is 6.84. The first-order valence-corrected chi connectivity index (χ1v) is 6.58. The van der Waals surface area contributed by atoms with Crippen LogP contribution in [0.1, 0.15) is 32.4 Å². The lowest BCUT2D eigenvalue weighted by molar-refractivity contribution is 0.634. The molecule has 0 radical (unpaired) electrons. The van der Waals surface area contributed by atoms with E-state index >= 15 is 0 Å². The minimum Gasteiger partial charge on any atom is -0.354 e. The molecule has 0 unspecified atom stereocenters. The summed E-state index contributed by atoms with van der Waals surface area (Å²) in [5, 5.41) is 3.15. The molecule has 1 aromatic heterocycles. The first kappa shape index (κ1) is 12.4. The Morgan fingerprint density at radius 3 is 2.76 bits per heavy atom. The van der Waals surface area contributed by atoms with Gasteiger partial charge in [0, 0.05) is 19.1 Å². The third kappa shape index (κ3) is 3.43. The Kier molecular flexibility index (Phi) is 4.00. The van der Waals surface area contributed by atoms with Crippen molar-refractivity contribution in [3.05, 3.63) is 23.9 Å². The Morgan fingerprint density at radius 2 is 2.18 bits per heavy atom. The first-order valence-electron chi connectivity index (χ1n) is 6.58. The minimum absolute atomic E-state index is 0.521. The lowest BCUT2D eigenvalue weighted by Crippen LogP contribution is -2.33. The van der Waals surface area contributed by atoms with Gasteiger partial charge in [0.25, 0.3) is 0 Å². The summed E-state index contributed by atoms with van der Waals surface area (Å²) in [4.78, 5) is 7.16. The molecule has 94 valence electrons. The minimum atomic E-state index is 0.521. The van der Waals surface area contributed by atoms with Gasteiger partial charge in [-0.15, -0.1) is 0 Å². The Labute approximate surface area is 104 Å². The molecule has 17 heavy (non-hydrogen) atoms. The Morgan fingerprint density at radius 1 is 1.41 bits per heavy atom. The number of nitrogens with one attached hydrogen (secondary N) is 1. The summed E-state index contributed by atoms with van der Waals surface area (Å²) in [6.07, 6.45) is 2.78. The number of rotatable bonds is 6. The highest BCUT2D eigenvalue weighted by Crippen LogP contribution is 2.31. The van der Waals surface area contributed by atoms with Crippen molar-refractivity contribution in [1.82, 2.24) is 10.3 Å². The van der Waals surface area contributed by atoms with Crippen molar-refractivity contribution in [2.45, 2.75) is 39.3 Å². The van der Waals surface area contributed by atoms with Crippen LogP contribution in [0.5, 0.6) is 0 Å². The normalized spacial score (nSPS) is 15.3. The number of nitrogens with zero attached hydrogens (tertiary/aromatic N) is 2. The predicted molar refractivity (Wildman–Crippen MR) is 72.2 cm³/mol. The molecule has 1 aliphatic carbocycles. The number of anilines is 1. The molecule has 1 saturated carbocycles. The summed E-state index contributed by atoms with van der Waals surface area (Å²) in [7, 11) is 1.96. The fourth-order valence-corrected chi connectivity index (χ4v) is 2.05. The summed E-state index contributed by atoms with van der Waals surface area (Å²) >= 11 is 0. The van der Waals surface area contributed by atoms with Gasteiger partial charge in [-0.05, 0) is 51.8 Å². The van der Waals surface area contributed by atoms with Crippen LogP contribution in [0.15, 0.2) is 18.2 Å². The topological polar surface area (TPSA) is 28.2 Å². The van der Waals surface area contributed by atoms with Gasteiger partial charge in [-0.1, -0.05) is 6.07 Å². The van der Waals surface area contributed by atoms with Gasteiger partial charge in [-0.3, -0.25) is 0 Å². The van der Waals surface area contributed by atoms with E-state index in [2.05, 4.69) is 42.3 Å². The average Bonchev–Trinajstić information content (AvgIpc) is 3.10. The van der Waals surface area contributed by atoms with Gasteiger partial charge in [0.2, 0.25) is 0 Å². The van der Waals surface area contributed by atoms with Crippen LogP contribution in [0.3, 0.4) is 0 Å². The molecule has 0 aromatic carbocycles. The van der Waals surface area contributed by atoms with E-state index < -0.39 is 0 Å². The van der Waals surface area contributed by atoms with Crippen molar-refractivity contribution >= 4 is 5.82 Å². The Hall–Kier alpha value is -1.09. The van der Waals surface area contributed by atoms with E-state index in [9.17, 15) is 0 Å². The third-order valence-corrected chi connectivity index (χ3v) is 3.22. The van der Waals surface area contributed by atoms with Crippen molar-refractivity contribution in [3.63, 3.8) is 0 Å². The van der Waals surface area contributed by atoms with Gasteiger partial charge in [0.15, 0.2) is 0 Å². The van der Waals surface area contributed by atoms with Gasteiger partial charge in [0.05, 0.1) is 5.69 Å². The predicted octanol–water partition coefficient (Wildman–Crippen LogP) is 2.43. The van der Waals surface area contributed by atoms with Crippen molar-refractivity contribution in [3.8, 4) is 0 Å². The molecule has 1 aliphatic rings. The maximum Gasteiger partial charge on any atom is 0.129 e. The van der Waals surface area contributed by atoms with E-state index in [0.717, 1.165) is 30.5 Å². The van der Waals surface area contributed by atoms with Crippen molar-refractivity contribution in [2.24, 2.45) is 5.92 Å². The van der Waals surface area contributed by atoms with Crippen molar-refractivity contribution in [2.75, 3.05) is 18.5 Å². The second-order valence-electron chi connectivity index (χ2n) is 5.21. The number of hydrogen-bond donors (Lipinski definition) is 1. The van der Waals surface area contributed by atoms with Crippen LogP contribution in [-0.2, 0) is 6.54 Å². The molecule has 2 rings (SSSR count). The lowest BCUT2D eigenvalue weighted by Gasteiger charge is -2.28. The zero-order chi connectivity index (χ0) is 12.3. The van der Waals surface area contributed by atoms with Gasteiger partial charge in [-0.2, -0.15) is 0 Å². The maximum absolute atomic E-state index is 4.73. The van der Waals surface area contributed by atoms with Crippen LogP contribution in [0.4, 0.5) is 5.82 Å². The molecule has 1 heterocycles. The molecule has 0 amide bonds. The van der Waals surface area contributed by atoms with Crippen LogP contribution in [0.2, 0.25) is 0 Å². The molecule has 0 spiro atoms. The highest BCUT2D eigenvalue weighted by atomic mass is 15.2. The van der Waals surface area contributed by atoms with Crippen molar-refractivity contribution in [1.29, 1.82) is 0 Å². The zero-order valence-electron chi connectivity index (χ0n) is 11.1. The maximum atomic E-state index is 4.73. The summed E-state index contributed by atoms with van der Waals surface area (Å²) in [6.45, 7) is 6.49. The number of hydrogen-bond acceptors (Lipinski definition) is 3. The average molecular weight is 233 g/mol. The molecular formula is C14H23N3. The largest absolute Gasteiger partial charge is 0.354 e. The van der Waals surface area contributed by atoms with E-state index in [1.807, 2.05) is 7.05 Å². The third-order valence-electron chi connectivity index (χ3n) is 3.22. The molecule has 1 N–H and O–H groups in total. The summed E-state index contributed by atoms with van der Waals surface area (Å²) in [5.41, 5.74) is 1.12. The zero-order valence-corrected chi connectivity index (χ0v) is 11.1. The van der Waals surface area contributed by atoms with Crippen LogP contribution in [-0.4, -0.2) is 24.6 Å². The van der Waals surface area contributed by atoms with Gasteiger partial charge in [-0.25, -0.2) is 4.98 Å². The van der Waals surface area contributed by atoms with E-state index in [4.69, 9.17) is 4.98 Å². The van der Waals surface area contributed by atoms with Crippen LogP contribution in [0.25, 0.3) is 0 Å². The highest BCUT2D eigenvalue weighted by molar-refractivity contribution is 5.40. The second-order valence-corrected chi connectivity index (χ2v) is 5.21. The molecule has 0 aliphatic heterocycles. The number of aromatic nitrogens is 1. The van der Waals surface area contributed by atoms with Gasteiger partial charge in [0.1, 0.15) is 5.82 Å². The molecule has 0 atom stereocenters. The molecule has 1 aromatic rings. The second kappa shape index (κ2) is 5.50. The van der Waals surface area contributed by atoms with E-state index in [1.165, 1.54) is 12.8 Å².